The third-order valence-corrected chi connectivity index (χ3v) is 2.59. The van der Waals surface area contributed by atoms with Gasteiger partial charge in [-0.25, -0.2) is 9.13 Å². The van der Waals surface area contributed by atoms with Crippen LogP contribution < -0.4 is 0 Å². The Morgan fingerprint density at radius 3 is 1.24 bits per heavy atom. The van der Waals surface area contributed by atoms with Crippen LogP contribution in [0.4, 0.5) is 0 Å². The zero-order chi connectivity index (χ0) is 16.4. The van der Waals surface area contributed by atoms with Crippen LogP contribution in [0.2, 0.25) is 0 Å². The third kappa shape index (κ3) is 13.6. The molecule has 0 aliphatic carbocycles. The monoisotopic (exact) mass is 527 g/mol. The van der Waals surface area contributed by atoms with Gasteiger partial charge in [0.15, 0.2) is 0 Å². The molecular weight excluding hydrogens is 503 g/mol. The van der Waals surface area contributed by atoms with Crippen LogP contribution in [0.25, 0.3) is 0 Å². The second-order valence-electron chi connectivity index (χ2n) is 6.24. The van der Waals surface area contributed by atoms with Gasteiger partial charge in [-0.3, -0.25) is 0 Å². The first-order chi connectivity index (χ1) is 9.04. The maximum Gasteiger partial charge on any atom is 2.00 e. The first-order valence-corrected chi connectivity index (χ1v) is 7.62. The Morgan fingerprint density at radius 1 is 0.810 bits per heavy atom. The second-order valence-corrected chi connectivity index (χ2v) is 6.57. The Bertz CT molecular complexity index is 377. The van der Waals surface area contributed by atoms with Crippen LogP contribution in [-0.2, 0) is 20.0 Å². The van der Waals surface area contributed by atoms with Crippen LogP contribution in [-0.4, -0.2) is 36.0 Å². The van der Waals surface area contributed by atoms with Crippen LogP contribution in [0.15, 0.2) is 24.3 Å². The summed E-state index contributed by atoms with van der Waals surface area (Å²) in [5, 5.41) is 0. The molecule has 0 unspecified atom stereocenters. The number of rotatable bonds is 0. The zero-order valence-electron chi connectivity index (χ0n) is 13.4. The van der Waals surface area contributed by atoms with E-state index in [0.717, 1.165) is 0 Å². The average molecular weight is 527 g/mol. The molecule has 0 atom stereocenters. The minimum absolute atomic E-state index is 0. The van der Waals surface area contributed by atoms with Gasteiger partial charge in [-0.1, -0.05) is 65.8 Å². The molecule has 7 heteroatoms. The molecule has 0 amide bonds. The maximum atomic E-state index is 8.46. The Morgan fingerprint density at radius 2 is 1.05 bits per heavy atom. The van der Waals surface area contributed by atoms with E-state index in [9.17, 15) is 0 Å². The van der Waals surface area contributed by atoms with E-state index in [2.05, 4.69) is 65.8 Å². The van der Waals surface area contributed by atoms with Crippen LogP contribution in [0.5, 0.6) is 0 Å². The fourth-order valence-corrected chi connectivity index (χ4v) is 1.45. The van der Waals surface area contributed by atoms with E-state index in [-0.39, 0.29) is 37.0 Å². The summed E-state index contributed by atoms with van der Waals surface area (Å²) in [4.78, 5) is 14.0. The first kappa shape index (κ1) is 26.1. The van der Waals surface area contributed by atoms with Gasteiger partial charge in [-0.15, -0.1) is 0 Å². The van der Waals surface area contributed by atoms with Crippen molar-refractivity contribution >= 4 is 43.6 Å². The van der Waals surface area contributed by atoms with Gasteiger partial charge >= 0.3 is 43.6 Å². The zero-order valence-corrected chi connectivity index (χ0v) is 18.6. The molecule has 0 saturated heterocycles. The van der Waals surface area contributed by atoms with Gasteiger partial charge in [-0.05, 0) is 22.0 Å². The Balaban J connectivity index is -0.000000400. The minimum atomic E-state index is -0.833. The van der Waals surface area contributed by atoms with E-state index in [1.165, 1.54) is 11.1 Å². The molecule has 2 N–H and O–H groups in total. The summed E-state index contributed by atoms with van der Waals surface area (Å²) in [5.41, 5.74) is 3.34. The molecule has 117 valence electrons. The van der Waals surface area contributed by atoms with Crippen molar-refractivity contribution in [3.8, 4) is 0 Å². The molecule has 4 nitrogen and oxygen atoms in total. The molecule has 3 radical (unpaired) electrons. The summed E-state index contributed by atoms with van der Waals surface area (Å²) in [6, 6.07) is 8.94. The van der Waals surface area contributed by atoms with Crippen molar-refractivity contribution < 1.29 is 18.9 Å². The Kier molecular flexibility index (Phi) is 15.9. The van der Waals surface area contributed by atoms with Crippen LogP contribution in [0.1, 0.15) is 52.7 Å². The van der Waals surface area contributed by atoms with Crippen molar-refractivity contribution in [2.24, 2.45) is 0 Å². The van der Waals surface area contributed by atoms with E-state index >= 15 is 0 Å². The van der Waals surface area contributed by atoms with Gasteiger partial charge in [0.2, 0.25) is 0 Å². The van der Waals surface area contributed by atoms with Crippen molar-refractivity contribution in [3.05, 3.63) is 35.4 Å². The Labute approximate surface area is 150 Å². The number of hydrogen-bond acceptors (Lipinski definition) is 2. The van der Waals surface area contributed by atoms with Crippen molar-refractivity contribution in [3.63, 3.8) is 0 Å². The van der Waals surface area contributed by atoms with E-state index in [1.54, 1.807) is 0 Å². The molecular formula is C14H24BiO4P2+2. The molecule has 0 saturated carbocycles. The minimum Gasteiger partial charge on any atom is -0.310 e. The summed E-state index contributed by atoms with van der Waals surface area (Å²) < 4.78 is 16.9. The quantitative estimate of drug-likeness (QED) is 0.391. The molecule has 0 heterocycles. The van der Waals surface area contributed by atoms with E-state index in [1.807, 2.05) is 0 Å². The first-order valence-electron chi connectivity index (χ1n) is 6.09. The maximum absolute atomic E-state index is 8.46. The van der Waals surface area contributed by atoms with Crippen molar-refractivity contribution in [2.45, 2.75) is 52.4 Å². The predicted octanol–water partition coefficient (Wildman–Crippen LogP) is 4.27. The fraction of sp³-hybridized carbons (Fsp3) is 0.571. The van der Waals surface area contributed by atoms with Crippen LogP contribution in [0.3, 0.4) is 0 Å². The van der Waals surface area contributed by atoms with Crippen LogP contribution in [0, 0.1) is 0 Å². The predicted molar refractivity (Wildman–Crippen MR) is 89.2 cm³/mol. The van der Waals surface area contributed by atoms with Gasteiger partial charge in [0, 0.05) is 0 Å². The smallest absolute Gasteiger partial charge is 0.310 e. The fourth-order valence-electron chi connectivity index (χ4n) is 1.45. The van der Waals surface area contributed by atoms with Gasteiger partial charge < -0.3 is 9.79 Å². The summed E-state index contributed by atoms with van der Waals surface area (Å²) >= 11 is 0. The van der Waals surface area contributed by atoms with Crippen LogP contribution >= 0.6 is 17.4 Å². The van der Waals surface area contributed by atoms with Gasteiger partial charge in [0.25, 0.3) is 0 Å². The summed E-state index contributed by atoms with van der Waals surface area (Å²) in [5.74, 6) is 0. The van der Waals surface area contributed by atoms with E-state index in [0.29, 0.717) is 0 Å². The summed E-state index contributed by atoms with van der Waals surface area (Å²) in [7, 11) is -1.67. The molecule has 0 bridgehead atoms. The van der Waals surface area contributed by atoms with Crippen molar-refractivity contribution in [1.29, 1.82) is 0 Å². The molecule has 0 fully saturated rings. The molecule has 1 aromatic rings. The molecule has 21 heavy (non-hydrogen) atoms. The topological polar surface area (TPSA) is 74.6 Å². The molecule has 0 aliphatic heterocycles. The normalized spacial score (nSPS) is 10.7. The molecule has 1 aromatic carbocycles. The largest absolute Gasteiger partial charge is 2.00 e. The molecule has 0 aliphatic rings. The molecule has 0 spiro atoms. The van der Waals surface area contributed by atoms with Crippen molar-refractivity contribution in [1.82, 2.24) is 0 Å². The van der Waals surface area contributed by atoms with Crippen molar-refractivity contribution in [2.75, 3.05) is 0 Å². The summed E-state index contributed by atoms with van der Waals surface area (Å²) in [6.07, 6.45) is 0. The SMILES string of the molecule is CC(C)(C)c1cccc(C(C)(C)C)c1.O=PO.O=PO.[Bi+2]. The molecule has 0 aromatic heterocycles. The average Bonchev–Trinajstić information content (AvgIpc) is 2.29. The van der Waals surface area contributed by atoms with Gasteiger partial charge in [0.05, 0.1) is 0 Å². The number of benzene rings is 1. The third-order valence-electron chi connectivity index (χ3n) is 2.59. The number of hydrogen-bond donors (Lipinski definition) is 2. The van der Waals surface area contributed by atoms with Gasteiger partial charge in [-0.2, -0.15) is 0 Å². The Hall–Kier alpha value is 0.223. The second kappa shape index (κ2) is 12.7. The van der Waals surface area contributed by atoms with Gasteiger partial charge in [0.1, 0.15) is 0 Å². The molecule has 1 rings (SSSR count). The van der Waals surface area contributed by atoms with E-state index < -0.39 is 17.4 Å². The summed E-state index contributed by atoms with van der Waals surface area (Å²) in [6.45, 7) is 13.6. The van der Waals surface area contributed by atoms with E-state index in [4.69, 9.17) is 18.9 Å². The standard InChI is InChI=1S/C14H22.Bi.2HO2P/c1-13(2,3)11-8-7-9-12(10-11)14(4,5)6;;2*1-3-2/h7-10H,1-6H3;;2*(H,1,2)/q;+2;;.